The van der Waals surface area contributed by atoms with Crippen molar-refractivity contribution in [2.24, 2.45) is 0 Å². The summed E-state index contributed by atoms with van der Waals surface area (Å²) in [6, 6.07) is 0. The molecule has 6 heteroatoms. The first kappa shape index (κ1) is 10.1. The fraction of sp³-hybridized carbons (Fsp3) is 0.250. The molecule has 0 fully saturated rings. The lowest BCUT2D eigenvalue weighted by Crippen LogP contribution is -2.14. The van der Waals surface area contributed by atoms with E-state index in [2.05, 4.69) is 11.7 Å². The van der Waals surface area contributed by atoms with E-state index in [0.29, 0.717) is 5.56 Å². The number of nitrogens with two attached hydrogens (primary N) is 2. The van der Waals surface area contributed by atoms with Gasteiger partial charge >= 0.3 is 5.97 Å². The first-order chi connectivity index (χ1) is 6.61. The predicted octanol–water partition coefficient (Wildman–Crippen LogP) is -0.00120. The van der Waals surface area contributed by atoms with Gasteiger partial charge < -0.3 is 16.3 Å². The van der Waals surface area contributed by atoms with Crippen LogP contribution in [0, 0.1) is 0 Å². The third-order valence-corrected chi connectivity index (χ3v) is 1.66. The molecule has 1 aromatic heterocycles. The highest BCUT2D eigenvalue weighted by Crippen LogP contribution is 2.16. The maximum Gasteiger partial charge on any atom is 0.359 e. The Kier molecular flexibility index (Phi) is 2.76. The summed E-state index contributed by atoms with van der Waals surface area (Å²) in [7, 11) is 0. The molecule has 76 valence electrons. The molecule has 0 saturated heterocycles. The maximum absolute atomic E-state index is 11.3. The van der Waals surface area contributed by atoms with Crippen molar-refractivity contribution in [2.45, 2.75) is 6.92 Å². The van der Waals surface area contributed by atoms with Crippen molar-refractivity contribution in [1.82, 2.24) is 9.89 Å². The zero-order valence-electron chi connectivity index (χ0n) is 7.86. The Morgan fingerprint density at radius 1 is 1.79 bits per heavy atom. The molecular weight excluding hydrogens is 184 g/mol. The largest absolute Gasteiger partial charge is 0.461 e. The van der Waals surface area contributed by atoms with Gasteiger partial charge in [0.15, 0.2) is 11.5 Å². The number of carbonyl (C=O) groups excluding carboxylic acids is 1. The summed E-state index contributed by atoms with van der Waals surface area (Å²) >= 11 is 0. The third-order valence-electron chi connectivity index (χ3n) is 1.66. The summed E-state index contributed by atoms with van der Waals surface area (Å²) < 4.78 is 4.77. The number of hydrogen-bond acceptors (Lipinski definition) is 5. The Bertz CT molecular complexity index is 370. The second-order valence-electron chi connectivity index (χ2n) is 2.52. The monoisotopic (exact) mass is 196 g/mol. The van der Waals surface area contributed by atoms with Crippen LogP contribution in [0.1, 0.15) is 23.0 Å². The molecule has 1 aromatic rings. The molecule has 1 heterocycles. The number of nitrogens with zero attached hydrogens (tertiary/aromatic N) is 2. The topological polar surface area (TPSA) is 96.2 Å². The molecule has 0 unspecified atom stereocenters. The Balaban J connectivity index is 3.14. The molecule has 0 aliphatic heterocycles. The van der Waals surface area contributed by atoms with Crippen LogP contribution in [0.2, 0.25) is 0 Å². The van der Waals surface area contributed by atoms with Gasteiger partial charge in [0.25, 0.3) is 0 Å². The lowest BCUT2D eigenvalue weighted by Gasteiger charge is -1.98. The van der Waals surface area contributed by atoms with E-state index in [1.807, 2.05) is 0 Å². The van der Waals surface area contributed by atoms with Gasteiger partial charge in [-0.1, -0.05) is 12.7 Å². The number of carbonyl (C=O) groups is 1. The molecule has 6 nitrogen and oxygen atoms in total. The van der Waals surface area contributed by atoms with Crippen LogP contribution >= 0.6 is 0 Å². The minimum absolute atomic E-state index is 0.0850. The van der Waals surface area contributed by atoms with Crippen LogP contribution in [-0.2, 0) is 4.74 Å². The highest BCUT2D eigenvalue weighted by molar-refractivity contribution is 5.93. The lowest BCUT2D eigenvalue weighted by atomic mass is 10.2. The van der Waals surface area contributed by atoms with Crippen LogP contribution in [0.15, 0.2) is 6.58 Å². The van der Waals surface area contributed by atoms with E-state index in [1.54, 1.807) is 6.92 Å². The molecular formula is C8H12N4O2. The van der Waals surface area contributed by atoms with Gasteiger partial charge in [0.2, 0.25) is 0 Å². The number of ether oxygens (including phenoxy) is 1. The minimum Gasteiger partial charge on any atom is -0.461 e. The normalized spacial score (nSPS) is 9.79. The SMILES string of the molecule is C=Cc1c(C(=O)OCC)nn(N)c1N. The average molecular weight is 196 g/mol. The molecule has 14 heavy (non-hydrogen) atoms. The van der Waals surface area contributed by atoms with Gasteiger partial charge in [0.1, 0.15) is 0 Å². The van der Waals surface area contributed by atoms with Crippen LogP contribution in [0.5, 0.6) is 0 Å². The molecule has 0 atom stereocenters. The summed E-state index contributed by atoms with van der Waals surface area (Å²) in [4.78, 5) is 12.3. The second-order valence-corrected chi connectivity index (χ2v) is 2.52. The highest BCUT2D eigenvalue weighted by atomic mass is 16.5. The van der Waals surface area contributed by atoms with Crippen molar-refractivity contribution < 1.29 is 9.53 Å². The van der Waals surface area contributed by atoms with Gasteiger partial charge in [-0.15, -0.1) is 5.10 Å². The van der Waals surface area contributed by atoms with Gasteiger partial charge in [0, 0.05) is 0 Å². The fourth-order valence-electron chi connectivity index (χ4n) is 1.01. The number of nitrogen functional groups attached to an aromatic ring is 2. The Labute approximate surface area is 81.1 Å². The zero-order valence-corrected chi connectivity index (χ0v) is 7.86. The second kappa shape index (κ2) is 3.82. The maximum atomic E-state index is 11.3. The number of hydrogen-bond donors (Lipinski definition) is 2. The van der Waals surface area contributed by atoms with Gasteiger partial charge in [-0.2, -0.15) is 4.79 Å². The third kappa shape index (κ3) is 1.54. The standard InChI is InChI=1S/C8H12N4O2/c1-3-5-6(8(13)14-4-2)11-12(10)7(5)9/h3H,1,4,9-10H2,2H3. The summed E-state index contributed by atoms with van der Waals surface area (Å²) in [5, 5.41) is 3.72. The highest BCUT2D eigenvalue weighted by Gasteiger charge is 2.19. The van der Waals surface area contributed by atoms with E-state index in [4.69, 9.17) is 16.3 Å². The van der Waals surface area contributed by atoms with Gasteiger partial charge in [-0.3, -0.25) is 0 Å². The van der Waals surface area contributed by atoms with Crippen LogP contribution in [0.4, 0.5) is 5.82 Å². The quantitative estimate of drug-likeness (QED) is 0.524. The van der Waals surface area contributed by atoms with E-state index in [-0.39, 0.29) is 18.1 Å². The number of anilines is 1. The number of rotatable bonds is 3. The van der Waals surface area contributed by atoms with Crippen LogP contribution in [-0.4, -0.2) is 22.5 Å². The smallest absolute Gasteiger partial charge is 0.359 e. The molecule has 0 radical (unpaired) electrons. The molecule has 1 rings (SSSR count). The van der Waals surface area contributed by atoms with E-state index >= 15 is 0 Å². The molecule has 0 saturated carbocycles. The summed E-state index contributed by atoms with van der Waals surface area (Å²) in [6.07, 6.45) is 1.41. The van der Waals surface area contributed by atoms with Crippen molar-refractivity contribution in [3.63, 3.8) is 0 Å². The van der Waals surface area contributed by atoms with Gasteiger partial charge in [-0.25, -0.2) is 4.79 Å². The van der Waals surface area contributed by atoms with E-state index < -0.39 is 5.97 Å². The van der Waals surface area contributed by atoms with Crippen LogP contribution < -0.4 is 11.6 Å². The molecule has 0 aliphatic rings. The van der Waals surface area contributed by atoms with Crippen molar-refractivity contribution in [2.75, 3.05) is 18.2 Å². The predicted molar refractivity (Wildman–Crippen MR) is 52.8 cm³/mol. The minimum atomic E-state index is -0.557. The zero-order chi connectivity index (χ0) is 10.7. The van der Waals surface area contributed by atoms with Gasteiger partial charge in [-0.05, 0) is 6.92 Å². The first-order valence-electron chi connectivity index (χ1n) is 4.05. The Morgan fingerprint density at radius 3 is 2.93 bits per heavy atom. The lowest BCUT2D eigenvalue weighted by molar-refractivity contribution is 0.0518. The van der Waals surface area contributed by atoms with E-state index in [0.717, 1.165) is 4.79 Å². The van der Waals surface area contributed by atoms with E-state index in [1.165, 1.54) is 6.08 Å². The molecule has 0 aromatic carbocycles. The molecule has 0 bridgehead atoms. The first-order valence-corrected chi connectivity index (χ1v) is 4.05. The molecule has 0 amide bonds. The molecule has 4 N–H and O–H groups in total. The molecule has 0 aliphatic carbocycles. The van der Waals surface area contributed by atoms with Gasteiger partial charge in [0.05, 0.1) is 12.2 Å². The summed E-state index contributed by atoms with van der Waals surface area (Å²) in [5.41, 5.74) is 6.02. The van der Waals surface area contributed by atoms with Crippen molar-refractivity contribution in [3.8, 4) is 0 Å². The summed E-state index contributed by atoms with van der Waals surface area (Å²) in [5.74, 6) is 5.00. The Morgan fingerprint density at radius 2 is 2.43 bits per heavy atom. The van der Waals surface area contributed by atoms with Crippen molar-refractivity contribution in [1.29, 1.82) is 0 Å². The number of esters is 1. The van der Waals surface area contributed by atoms with Crippen molar-refractivity contribution >= 4 is 17.9 Å². The van der Waals surface area contributed by atoms with Crippen LogP contribution in [0.3, 0.4) is 0 Å². The van der Waals surface area contributed by atoms with Crippen LogP contribution in [0.25, 0.3) is 6.08 Å². The van der Waals surface area contributed by atoms with Crippen molar-refractivity contribution in [3.05, 3.63) is 17.8 Å². The Hall–Kier alpha value is -1.98. The van der Waals surface area contributed by atoms with E-state index in [9.17, 15) is 4.79 Å². The summed E-state index contributed by atoms with van der Waals surface area (Å²) in [6.45, 7) is 5.48. The fourth-order valence-corrected chi connectivity index (χ4v) is 1.01. The molecule has 0 spiro atoms. The average Bonchev–Trinajstić information content (AvgIpc) is 2.44. The number of aromatic nitrogens is 2.